The summed E-state index contributed by atoms with van der Waals surface area (Å²) in [5.41, 5.74) is 18.1. The molecule has 0 fully saturated rings. The van der Waals surface area contributed by atoms with Crippen molar-refractivity contribution in [1.82, 2.24) is 33.6 Å². The average Bonchev–Trinajstić information content (AvgIpc) is 4.42. The number of halogens is 1. The maximum atomic E-state index is 16.3. The maximum absolute atomic E-state index is 16.3. The van der Waals surface area contributed by atoms with Crippen LogP contribution in [-0.2, 0) is 0 Å². The third-order valence-corrected chi connectivity index (χ3v) is 16.7. The maximum Gasteiger partial charge on any atom is 0.164 e. The van der Waals surface area contributed by atoms with Crippen LogP contribution in [0.1, 0.15) is 0 Å². The van der Waals surface area contributed by atoms with E-state index in [0.717, 1.165) is 93.9 Å². The van der Waals surface area contributed by atoms with E-state index in [2.05, 4.69) is 196 Å². The number of nitrogens with zero attached hydrogens (tertiary/aromatic N) is 6. The standard InChI is InChI=1S/C75H46FN7/c76-62-39-34-51(45-71(62)83-66-28-11-5-21-56(66)57-22-6-12-29-67(57)83)75-79-73(47-16-2-1-3-17-47)78-74(80-75)50-18-14-19-53(42-50)82-68-30-13-8-24-59(68)72-54(25-15-31-70(72)82)46-32-37-52(38-33-46)81-65-27-10-7-23-58(65)61-44-49(36-41-69(61)81)48-35-40-64-60(43-48)55-20-4-9-26-63(55)77-64/h1-45,77H. The number of aromatic amines is 1. The van der Waals surface area contributed by atoms with E-state index in [1.165, 1.54) is 44.1 Å². The second-order valence-electron chi connectivity index (χ2n) is 21.4. The fraction of sp³-hybridized carbons (Fsp3) is 0. The van der Waals surface area contributed by atoms with Crippen LogP contribution in [0.3, 0.4) is 0 Å². The van der Waals surface area contributed by atoms with E-state index in [1.54, 1.807) is 6.07 Å². The molecule has 0 spiro atoms. The third-order valence-electron chi connectivity index (χ3n) is 16.7. The van der Waals surface area contributed by atoms with Crippen molar-refractivity contribution >= 4 is 87.2 Å². The zero-order chi connectivity index (χ0) is 54.7. The van der Waals surface area contributed by atoms with E-state index < -0.39 is 0 Å². The Labute approximate surface area is 475 Å². The highest BCUT2D eigenvalue weighted by Gasteiger charge is 2.22. The molecule has 0 saturated heterocycles. The topological polar surface area (TPSA) is 69.2 Å². The molecule has 5 heterocycles. The minimum Gasteiger partial charge on any atom is -0.355 e. The van der Waals surface area contributed by atoms with Gasteiger partial charge in [-0.2, -0.15) is 0 Å². The molecule has 5 aromatic heterocycles. The number of H-pyrrole nitrogens is 1. The highest BCUT2D eigenvalue weighted by atomic mass is 19.1. The Morgan fingerprint density at radius 2 is 0.759 bits per heavy atom. The predicted octanol–water partition coefficient (Wildman–Crippen LogP) is 19.3. The summed E-state index contributed by atoms with van der Waals surface area (Å²) in [5.74, 6) is 1.13. The van der Waals surface area contributed by atoms with Crippen LogP contribution in [0.15, 0.2) is 273 Å². The third kappa shape index (κ3) is 7.40. The Balaban J connectivity index is 0.755. The Hall–Kier alpha value is -11.2. The predicted molar refractivity (Wildman–Crippen MR) is 339 cm³/mol. The van der Waals surface area contributed by atoms with Gasteiger partial charge in [-0.15, -0.1) is 0 Å². The van der Waals surface area contributed by atoms with Gasteiger partial charge in [-0.1, -0.05) is 170 Å². The molecule has 0 amide bonds. The lowest BCUT2D eigenvalue weighted by Gasteiger charge is -2.13. The van der Waals surface area contributed by atoms with Crippen molar-refractivity contribution < 1.29 is 4.39 Å². The van der Waals surface area contributed by atoms with Gasteiger partial charge in [0, 0.05) is 82.2 Å². The molecule has 17 rings (SSSR count). The molecule has 17 aromatic rings. The van der Waals surface area contributed by atoms with E-state index in [1.807, 2.05) is 83.4 Å². The second-order valence-corrected chi connectivity index (χ2v) is 21.4. The van der Waals surface area contributed by atoms with Gasteiger partial charge in [0.25, 0.3) is 0 Å². The van der Waals surface area contributed by atoms with Crippen LogP contribution in [0.4, 0.5) is 4.39 Å². The largest absolute Gasteiger partial charge is 0.355 e. The van der Waals surface area contributed by atoms with Gasteiger partial charge < -0.3 is 18.7 Å². The summed E-state index contributed by atoms with van der Waals surface area (Å²) >= 11 is 0. The minimum absolute atomic E-state index is 0.345. The van der Waals surface area contributed by atoms with Crippen molar-refractivity contribution in [3.63, 3.8) is 0 Å². The van der Waals surface area contributed by atoms with Gasteiger partial charge in [0.05, 0.1) is 38.8 Å². The molecule has 12 aromatic carbocycles. The summed E-state index contributed by atoms with van der Waals surface area (Å²) < 4.78 is 23.0. The van der Waals surface area contributed by atoms with E-state index >= 15 is 4.39 Å². The molecule has 0 bridgehead atoms. The van der Waals surface area contributed by atoms with Gasteiger partial charge in [-0.05, 0) is 125 Å². The number of nitrogens with one attached hydrogen (secondary N) is 1. The van der Waals surface area contributed by atoms with Gasteiger partial charge in [-0.25, -0.2) is 19.3 Å². The second kappa shape index (κ2) is 18.4. The van der Waals surface area contributed by atoms with Gasteiger partial charge in [0.2, 0.25) is 0 Å². The average molecular weight is 1060 g/mol. The first-order chi connectivity index (χ1) is 41.1. The Bertz CT molecular complexity index is 5420. The van der Waals surface area contributed by atoms with E-state index in [0.29, 0.717) is 28.7 Å². The lowest BCUT2D eigenvalue weighted by atomic mass is 9.99. The van der Waals surface area contributed by atoms with Crippen LogP contribution in [0, 0.1) is 5.82 Å². The summed E-state index contributed by atoms with van der Waals surface area (Å²) in [6, 6.07) is 94.9. The molecular weight excluding hydrogens is 1020 g/mol. The molecule has 83 heavy (non-hydrogen) atoms. The van der Waals surface area contributed by atoms with Crippen LogP contribution in [0.25, 0.3) is 161 Å². The number of hydrogen-bond acceptors (Lipinski definition) is 3. The SMILES string of the molecule is Fc1ccc(-c2nc(-c3ccccc3)nc(-c3cccc(-n4c5ccccc5c5c(-c6ccc(-n7c8ccccc8c8cc(-c9ccc%10[nH]c%11ccccc%11c%10c9)ccc87)cc6)cccc54)c3)n2)cc1-n1c2ccccc2c2ccccc21. The normalized spacial score (nSPS) is 11.9. The van der Waals surface area contributed by atoms with E-state index in [4.69, 9.17) is 15.0 Å². The first-order valence-corrected chi connectivity index (χ1v) is 27.9. The summed E-state index contributed by atoms with van der Waals surface area (Å²) in [6.07, 6.45) is 0. The van der Waals surface area contributed by atoms with Crippen molar-refractivity contribution in [3.8, 4) is 73.5 Å². The number of hydrogen-bond donors (Lipinski definition) is 1. The van der Waals surface area contributed by atoms with Gasteiger partial charge in [-0.3, -0.25) is 0 Å². The van der Waals surface area contributed by atoms with Crippen LogP contribution in [0.5, 0.6) is 0 Å². The van der Waals surface area contributed by atoms with Crippen LogP contribution < -0.4 is 0 Å². The molecule has 1 N–H and O–H groups in total. The van der Waals surface area contributed by atoms with E-state index in [9.17, 15) is 0 Å². The zero-order valence-electron chi connectivity index (χ0n) is 44.5. The monoisotopic (exact) mass is 1060 g/mol. The Kier molecular flexibility index (Phi) is 10.4. The smallest absolute Gasteiger partial charge is 0.164 e. The molecule has 388 valence electrons. The molecule has 8 heteroatoms. The first kappa shape index (κ1) is 46.7. The molecule has 0 unspecified atom stereocenters. The number of fused-ring (bicyclic) bond motifs is 12. The molecule has 0 saturated carbocycles. The summed E-state index contributed by atoms with van der Waals surface area (Å²) in [6.45, 7) is 0. The molecule has 7 nitrogen and oxygen atoms in total. The van der Waals surface area contributed by atoms with Crippen LogP contribution >= 0.6 is 0 Å². The fourth-order valence-electron chi connectivity index (χ4n) is 12.9. The first-order valence-electron chi connectivity index (χ1n) is 27.9. The van der Waals surface area contributed by atoms with Crippen LogP contribution in [0.2, 0.25) is 0 Å². The van der Waals surface area contributed by atoms with Crippen molar-refractivity contribution in [2.75, 3.05) is 0 Å². The Morgan fingerprint density at radius 3 is 1.48 bits per heavy atom. The zero-order valence-corrected chi connectivity index (χ0v) is 44.5. The summed E-state index contributed by atoms with van der Waals surface area (Å²) in [4.78, 5) is 19.0. The molecular formula is C75H46FN7. The molecule has 0 atom stereocenters. The fourth-order valence-corrected chi connectivity index (χ4v) is 12.9. The summed E-state index contributed by atoms with van der Waals surface area (Å²) in [5, 5.41) is 9.33. The van der Waals surface area contributed by atoms with Gasteiger partial charge in [0.15, 0.2) is 17.5 Å². The summed E-state index contributed by atoms with van der Waals surface area (Å²) in [7, 11) is 0. The lowest BCUT2D eigenvalue weighted by Crippen LogP contribution is -2.03. The van der Waals surface area contributed by atoms with E-state index in [-0.39, 0.29) is 5.82 Å². The minimum atomic E-state index is -0.345. The molecule has 0 aliphatic heterocycles. The van der Waals surface area contributed by atoms with Crippen molar-refractivity contribution in [1.29, 1.82) is 0 Å². The quantitative estimate of drug-likeness (QED) is 0.165. The van der Waals surface area contributed by atoms with Crippen molar-refractivity contribution in [2.24, 2.45) is 0 Å². The molecule has 0 radical (unpaired) electrons. The van der Waals surface area contributed by atoms with Crippen molar-refractivity contribution in [3.05, 3.63) is 279 Å². The number of benzene rings is 12. The lowest BCUT2D eigenvalue weighted by molar-refractivity contribution is 0.621. The Morgan fingerprint density at radius 1 is 0.277 bits per heavy atom. The number of aromatic nitrogens is 7. The molecule has 0 aliphatic rings. The van der Waals surface area contributed by atoms with Crippen LogP contribution in [-0.4, -0.2) is 33.6 Å². The highest BCUT2D eigenvalue weighted by Crippen LogP contribution is 2.42. The van der Waals surface area contributed by atoms with Gasteiger partial charge in [0.1, 0.15) is 5.82 Å². The number of para-hydroxylation sites is 5. The van der Waals surface area contributed by atoms with Gasteiger partial charge >= 0.3 is 0 Å². The van der Waals surface area contributed by atoms with Crippen molar-refractivity contribution in [2.45, 2.75) is 0 Å². The molecule has 0 aliphatic carbocycles. The highest BCUT2D eigenvalue weighted by molar-refractivity contribution is 6.16. The number of rotatable bonds is 8.